The van der Waals surface area contributed by atoms with Crippen LogP contribution in [0.1, 0.15) is 17.0 Å². The minimum absolute atomic E-state index is 0.0420. The third-order valence-electron chi connectivity index (χ3n) is 2.67. The van der Waals surface area contributed by atoms with E-state index in [2.05, 4.69) is 14.9 Å². The highest BCUT2D eigenvalue weighted by atomic mass is 32.2. The van der Waals surface area contributed by atoms with Gasteiger partial charge in [0.05, 0.1) is 12.3 Å². The van der Waals surface area contributed by atoms with Crippen molar-refractivity contribution >= 4 is 21.4 Å². The predicted octanol–water partition coefficient (Wildman–Crippen LogP) is 0.793. The minimum Gasteiger partial charge on any atom is -0.390 e. The molecule has 3 N–H and O–H groups in total. The molecule has 0 amide bonds. The molecule has 0 fully saturated rings. The zero-order valence-electron chi connectivity index (χ0n) is 10.4. The number of thiophene rings is 1. The Hall–Kier alpha value is -1.22. The van der Waals surface area contributed by atoms with Crippen LogP contribution in [-0.2, 0) is 23.1 Å². The summed E-state index contributed by atoms with van der Waals surface area (Å²) < 4.78 is 26.8. The van der Waals surface area contributed by atoms with E-state index in [4.69, 9.17) is 5.11 Å². The molecule has 104 valence electrons. The van der Waals surface area contributed by atoms with Gasteiger partial charge in [-0.15, -0.1) is 0 Å². The molecule has 6 nitrogen and oxygen atoms in total. The van der Waals surface area contributed by atoms with E-state index >= 15 is 0 Å². The molecule has 0 aliphatic rings. The molecule has 0 spiro atoms. The summed E-state index contributed by atoms with van der Waals surface area (Å²) in [5, 5.41) is 19.4. The molecule has 19 heavy (non-hydrogen) atoms. The molecule has 0 unspecified atom stereocenters. The van der Waals surface area contributed by atoms with Crippen molar-refractivity contribution in [3.8, 4) is 0 Å². The fourth-order valence-electron chi connectivity index (χ4n) is 1.77. The normalized spacial score (nSPS) is 11.9. The average molecular weight is 301 g/mol. The highest BCUT2D eigenvalue weighted by molar-refractivity contribution is 7.89. The molecule has 2 aromatic rings. The van der Waals surface area contributed by atoms with Crippen molar-refractivity contribution in [1.82, 2.24) is 14.9 Å². The minimum atomic E-state index is -3.64. The van der Waals surface area contributed by atoms with Gasteiger partial charge in [-0.25, -0.2) is 13.1 Å². The lowest BCUT2D eigenvalue weighted by Gasteiger charge is -2.06. The van der Waals surface area contributed by atoms with Crippen LogP contribution in [0.4, 0.5) is 0 Å². The van der Waals surface area contributed by atoms with E-state index in [1.807, 2.05) is 16.8 Å². The van der Waals surface area contributed by atoms with E-state index in [1.165, 1.54) is 0 Å². The molecule has 0 bridgehead atoms. The first-order valence-electron chi connectivity index (χ1n) is 5.70. The SMILES string of the molecule is Cc1[nH]nc(CO)c1S(=O)(=O)NCCc1ccsc1. The van der Waals surface area contributed by atoms with E-state index < -0.39 is 16.6 Å². The lowest BCUT2D eigenvalue weighted by atomic mass is 10.2. The van der Waals surface area contributed by atoms with Gasteiger partial charge in [-0.1, -0.05) is 0 Å². The summed E-state index contributed by atoms with van der Waals surface area (Å²) in [6.45, 7) is 1.51. The smallest absolute Gasteiger partial charge is 0.244 e. The Kier molecular flexibility index (Phi) is 4.35. The number of hydrogen-bond acceptors (Lipinski definition) is 5. The Morgan fingerprint density at radius 2 is 2.32 bits per heavy atom. The molecule has 0 aliphatic heterocycles. The van der Waals surface area contributed by atoms with Crippen LogP contribution in [0.15, 0.2) is 21.7 Å². The fraction of sp³-hybridized carbons (Fsp3) is 0.364. The van der Waals surface area contributed by atoms with Crippen LogP contribution in [0.25, 0.3) is 0 Å². The second kappa shape index (κ2) is 5.83. The number of aromatic nitrogens is 2. The van der Waals surface area contributed by atoms with Crippen LogP contribution in [0.3, 0.4) is 0 Å². The van der Waals surface area contributed by atoms with Crippen LogP contribution in [0, 0.1) is 6.92 Å². The van der Waals surface area contributed by atoms with Gasteiger partial charge in [0.1, 0.15) is 10.6 Å². The van der Waals surface area contributed by atoms with Crippen molar-refractivity contribution in [2.75, 3.05) is 6.54 Å². The average Bonchev–Trinajstić information content (AvgIpc) is 2.98. The van der Waals surface area contributed by atoms with Gasteiger partial charge in [-0.05, 0) is 35.7 Å². The molecule has 2 heterocycles. The number of H-pyrrole nitrogens is 1. The van der Waals surface area contributed by atoms with Crippen molar-refractivity contribution in [3.63, 3.8) is 0 Å². The Bertz CT molecular complexity index is 632. The Labute approximate surface area is 115 Å². The maximum atomic E-state index is 12.1. The van der Waals surface area contributed by atoms with Crippen molar-refractivity contribution in [1.29, 1.82) is 0 Å². The van der Waals surface area contributed by atoms with Crippen LogP contribution in [-0.4, -0.2) is 30.3 Å². The number of aliphatic hydroxyl groups is 1. The van der Waals surface area contributed by atoms with Gasteiger partial charge < -0.3 is 5.11 Å². The van der Waals surface area contributed by atoms with Crippen molar-refractivity contribution < 1.29 is 13.5 Å². The molecule has 0 aromatic carbocycles. The molecule has 0 radical (unpaired) electrons. The molecule has 8 heteroatoms. The van der Waals surface area contributed by atoms with Crippen LogP contribution in [0.2, 0.25) is 0 Å². The molecule has 0 aliphatic carbocycles. The number of nitrogens with zero attached hydrogens (tertiary/aromatic N) is 1. The summed E-state index contributed by atoms with van der Waals surface area (Å²) in [5.74, 6) is 0. The van der Waals surface area contributed by atoms with Crippen molar-refractivity contribution in [2.24, 2.45) is 0 Å². The molecule has 0 atom stereocenters. The summed E-state index contributed by atoms with van der Waals surface area (Å²) in [7, 11) is -3.64. The quantitative estimate of drug-likeness (QED) is 0.735. The second-order valence-electron chi connectivity index (χ2n) is 4.06. The number of nitrogens with one attached hydrogen (secondary N) is 2. The van der Waals surface area contributed by atoms with E-state index in [9.17, 15) is 8.42 Å². The molecular formula is C11H15N3O3S2. The monoisotopic (exact) mass is 301 g/mol. The number of aromatic amines is 1. The van der Waals surface area contributed by atoms with E-state index in [0.29, 0.717) is 18.7 Å². The first kappa shape index (κ1) is 14.2. The van der Waals surface area contributed by atoms with E-state index in [-0.39, 0.29) is 10.6 Å². The third kappa shape index (κ3) is 3.21. The highest BCUT2D eigenvalue weighted by Crippen LogP contribution is 2.17. The summed E-state index contributed by atoms with van der Waals surface area (Å²) in [4.78, 5) is 0.0420. The largest absolute Gasteiger partial charge is 0.390 e. The zero-order valence-corrected chi connectivity index (χ0v) is 12.0. The van der Waals surface area contributed by atoms with Gasteiger partial charge in [0.25, 0.3) is 0 Å². The van der Waals surface area contributed by atoms with Gasteiger partial charge in [0.15, 0.2) is 0 Å². The first-order chi connectivity index (χ1) is 9.04. The number of rotatable bonds is 6. The fourth-order valence-corrected chi connectivity index (χ4v) is 3.86. The third-order valence-corrected chi connectivity index (χ3v) is 5.06. The van der Waals surface area contributed by atoms with E-state index in [1.54, 1.807) is 18.3 Å². The van der Waals surface area contributed by atoms with Crippen LogP contribution < -0.4 is 4.72 Å². The van der Waals surface area contributed by atoms with Crippen LogP contribution >= 0.6 is 11.3 Å². The summed E-state index contributed by atoms with van der Waals surface area (Å²) in [5.41, 5.74) is 1.66. The Morgan fingerprint density at radius 1 is 1.53 bits per heavy atom. The lowest BCUT2D eigenvalue weighted by molar-refractivity contribution is 0.273. The first-order valence-corrected chi connectivity index (χ1v) is 8.12. The van der Waals surface area contributed by atoms with Gasteiger partial charge >= 0.3 is 0 Å². The number of hydrogen-bond donors (Lipinski definition) is 3. The standard InChI is InChI=1S/C11H15N3O3S2/c1-8-11(10(6-15)14-13-8)19(16,17)12-4-2-9-3-5-18-7-9/h3,5,7,12,15H,2,4,6H2,1H3,(H,13,14). The Morgan fingerprint density at radius 3 is 2.95 bits per heavy atom. The molecule has 2 rings (SSSR count). The van der Waals surface area contributed by atoms with Gasteiger partial charge in [-0.3, -0.25) is 5.10 Å². The maximum Gasteiger partial charge on any atom is 0.244 e. The number of aliphatic hydroxyl groups excluding tert-OH is 1. The van der Waals surface area contributed by atoms with E-state index in [0.717, 1.165) is 5.56 Å². The maximum absolute atomic E-state index is 12.1. The number of aryl methyl sites for hydroxylation is 1. The summed E-state index contributed by atoms with van der Waals surface area (Å²) in [6, 6.07) is 1.96. The van der Waals surface area contributed by atoms with Gasteiger partial charge in [-0.2, -0.15) is 16.4 Å². The molecular weight excluding hydrogens is 286 g/mol. The highest BCUT2D eigenvalue weighted by Gasteiger charge is 2.23. The zero-order chi connectivity index (χ0) is 13.9. The summed E-state index contributed by atoms with van der Waals surface area (Å²) in [6.07, 6.45) is 0.633. The van der Waals surface area contributed by atoms with Gasteiger partial charge in [0, 0.05) is 6.54 Å². The van der Waals surface area contributed by atoms with Gasteiger partial charge in [0.2, 0.25) is 10.0 Å². The van der Waals surface area contributed by atoms with Crippen molar-refractivity contribution in [3.05, 3.63) is 33.8 Å². The van der Waals surface area contributed by atoms with Crippen molar-refractivity contribution in [2.45, 2.75) is 24.8 Å². The summed E-state index contributed by atoms with van der Waals surface area (Å²) >= 11 is 1.58. The Balaban J connectivity index is 2.07. The molecule has 2 aromatic heterocycles. The number of sulfonamides is 1. The predicted molar refractivity (Wildman–Crippen MR) is 72.5 cm³/mol. The molecule has 0 saturated heterocycles. The van der Waals surface area contributed by atoms with Crippen LogP contribution in [0.5, 0.6) is 0 Å². The topological polar surface area (TPSA) is 95.1 Å². The lowest BCUT2D eigenvalue weighted by Crippen LogP contribution is -2.27. The second-order valence-corrected chi connectivity index (χ2v) is 6.55. The molecule has 0 saturated carbocycles.